The minimum absolute atomic E-state index is 0.178. The fourth-order valence-corrected chi connectivity index (χ4v) is 6.43. The Morgan fingerprint density at radius 2 is 1.60 bits per heavy atom. The number of rotatable bonds is 6. The third-order valence-electron chi connectivity index (χ3n) is 7.53. The monoisotopic (exact) mass is 644 g/mol. The van der Waals surface area contributed by atoms with Crippen LogP contribution in [0.25, 0.3) is 11.1 Å². The van der Waals surface area contributed by atoms with Crippen molar-refractivity contribution in [2.45, 2.75) is 44.7 Å². The third kappa shape index (κ3) is 5.48. The number of hydrogen-bond donors (Lipinski definition) is 0. The number of hydrogen-bond acceptors (Lipinski definition) is 3. The smallest absolute Gasteiger partial charge is 0.133 e. The highest BCUT2D eigenvalue weighted by Gasteiger charge is 2.36. The first kappa shape index (κ1) is 25.2. The van der Waals surface area contributed by atoms with Crippen LogP contribution in [0.1, 0.15) is 44.2 Å². The molecule has 1 heterocycles. The molecule has 1 saturated heterocycles. The molecule has 1 unspecified atom stereocenters. The average Bonchev–Trinajstić information content (AvgIpc) is 3.15. The first-order valence-electron chi connectivity index (χ1n) is 12.6. The van der Waals surface area contributed by atoms with Crippen LogP contribution in [0.3, 0.4) is 0 Å². The van der Waals surface area contributed by atoms with Crippen molar-refractivity contribution in [2.24, 2.45) is 0 Å². The fourth-order valence-electron chi connectivity index (χ4n) is 5.60. The van der Waals surface area contributed by atoms with Crippen molar-refractivity contribution in [1.82, 2.24) is 9.80 Å². The highest BCUT2D eigenvalue weighted by Crippen LogP contribution is 2.45. The van der Waals surface area contributed by atoms with Crippen LogP contribution in [0.2, 0.25) is 0 Å². The number of fused-ring (bicyclic) bond motifs is 3. The van der Waals surface area contributed by atoms with Crippen molar-refractivity contribution < 1.29 is 4.74 Å². The molecule has 1 aliphatic carbocycles. The standard InChI is InChI=1S/C30H34BrIN2O/c1-30(2,3)34-16-15-33(22(19-34)14-17-35-29-18-21(31)12-13-28(29)32)20-27-25-10-6-4-8-23(25)24-9-5-7-11-26(24)27/h4-13,18,22,27H,14-17,19-20H2,1-3H3. The summed E-state index contributed by atoms with van der Waals surface area (Å²) in [5, 5.41) is 0. The van der Waals surface area contributed by atoms with E-state index in [4.69, 9.17) is 4.74 Å². The Labute approximate surface area is 232 Å². The molecule has 1 aliphatic heterocycles. The van der Waals surface area contributed by atoms with E-state index in [1.54, 1.807) is 0 Å². The molecule has 0 aromatic heterocycles. The summed E-state index contributed by atoms with van der Waals surface area (Å²) in [6, 6.07) is 24.7. The van der Waals surface area contributed by atoms with Crippen LogP contribution in [-0.2, 0) is 0 Å². The summed E-state index contributed by atoms with van der Waals surface area (Å²) < 4.78 is 8.50. The van der Waals surface area contributed by atoms with Crippen molar-refractivity contribution in [3.63, 3.8) is 0 Å². The first-order valence-corrected chi connectivity index (χ1v) is 14.4. The van der Waals surface area contributed by atoms with Gasteiger partial charge in [-0.1, -0.05) is 64.5 Å². The molecule has 3 nitrogen and oxygen atoms in total. The summed E-state index contributed by atoms with van der Waals surface area (Å²) in [6.07, 6.45) is 1.02. The van der Waals surface area contributed by atoms with E-state index < -0.39 is 0 Å². The number of ether oxygens (including phenoxy) is 1. The molecule has 5 heteroatoms. The molecule has 0 saturated carbocycles. The van der Waals surface area contributed by atoms with E-state index in [1.807, 2.05) is 0 Å². The lowest BCUT2D eigenvalue weighted by atomic mass is 9.94. The van der Waals surface area contributed by atoms with E-state index in [-0.39, 0.29) is 5.54 Å². The molecule has 0 N–H and O–H groups in total. The number of benzene rings is 3. The van der Waals surface area contributed by atoms with Gasteiger partial charge in [0.25, 0.3) is 0 Å². The molecule has 0 bridgehead atoms. The first-order chi connectivity index (χ1) is 16.8. The van der Waals surface area contributed by atoms with Gasteiger partial charge in [0, 0.05) is 48.2 Å². The molecule has 0 radical (unpaired) electrons. The zero-order chi connectivity index (χ0) is 24.6. The van der Waals surface area contributed by atoms with Crippen molar-refractivity contribution in [3.8, 4) is 16.9 Å². The van der Waals surface area contributed by atoms with Gasteiger partial charge >= 0.3 is 0 Å². The summed E-state index contributed by atoms with van der Waals surface area (Å²) in [5.41, 5.74) is 5.95. The lowest BCUT2D eigenvalue weighted by Crippen LogP contribution is -2.59. The van der Waals surface area contributed by atoms with Gasteiger partial charge in [-0.3, -0.25) is 9.80 Å². The Bertz CT molecular complexity index is 1150. The minimum Gasteiger partial charge on any atom is -0.492 e. The highest BCUT2D eigenvalue weighted by molar-refractivity contribution is 14.1. The molecular formula is C30H34BrIN2O. The number of halogens is 2. The second-order valence-corrected chi connectivity index (χ2v) is 12.8. The molecule has 0 amide bonds. The summed E-state index contributed by atoms with van der Waals surface area (Å²) in [5.74, 6) is 1.40. The molecule has 3 aromatic rings. The molecular weight excluding hydrogens is 611 g/mol. The zero-order valence-corrected chi connectivity index (χ0v) is 24.6. The Balaban J connectivity index is 1.35. The molecule has 1 atom stereocenters. The molecule has 184 valence electrons. The van der Waals surface area contributed by atoms with E-state index in [1.165, 1.54) is 22.3 Å². The Hall–Kier alpha value is -1.41. The minimum atomic E-state index is 0.178. The maximum atomic E-state index is 6.29. The molecule has 0 spiro atoms. The zero-order valence-electron chi connectivity index (χ0n) is 20.8. The fraction of sp³-hybridized carbons (Fsp3) is 0.400. The van der Waals surface area contributed by atoms with E-state index in [0.717, 1.165) is 53.0 Å². The maximum Gasteiger partial charge on any atom is 0.133 e. The van der Waals surface area contributed by atoms with Crippen molar-refractivity contribution in [1.29, 1.82) is 0 Å². The van der Waals surface area contributed by atoms with Gasteiger partial charge < -0.3 is 4.74 Å². The van der Waals surface area contributed by atoms with Crippen LogP contribution in [0, 0.1) is 3.57 Å². The number of piperazine rings is 1. The van der Waals surface area contributed by atoms with Crippen LogP contribution in [0.5, 0.6) is 5.75 Å². The summed E-state index contributed by atoms with van der Waals surface area (Å²) >= 11 is 5.94. The molecule has 35 heavy (non-hydrogen) atoms. The van der Waals surface area contributed by atoms with Crippen molar-refractivity contribution in [3.05, 3.63) is 85.9 Å². The van der Waals surface area contributed by atoms with Gasteiger partial charge in [0.15, 0.2) is 0 Å². The lowest BCUT2D eigenvalue weighted by molar-refractivity contribution is 0.0131. The third-order valence-corrected chi connectivity index (χ3v) is 8.92. The summed E-state index contributed by atoms with van der Waals surface area (Å²) in [6.45, 7) is 12.1. The second kappa shape index (κ2) is 10.5. The van der Waals surface area contributed by atoms with Gasteiger partial charge in [-0.15, -0.1) is 0 Å². The Kier molecular flexibility index (Phi) is 7.59. The Morgan fingerprint density at radius 1 is 0.943 bits per heavy atom. The van der Waals surface area contributed by atoms with Gasteiger partial charge in [-0.2, -0.15) is 0 Å². The van der Waals surface area contributed by atoms with E-state index in [2.05, 4.69) is 136 Å². The van der Waals surface area contributed by atoms with E-state index in [9.17, 15) is 0 Å². The van der Waals surface area contributed by atoms with Crippen molar-refractivity contribution in [2.75, 3.05) is 32.8 Å². The van der Waals surface area contributed by atoms with Gasteiger partial charge in [0.2, 0.25) is 0 Å². The Morgan fingerprint density at radius 3 is 2.26 bits per heavy atom. The summed E-state index contributed by atoms with van der Waals surface area (Å²) in [7, 11) is 0. The van der Waals surface area contributed by atoms with Crippen molar-refractivity contribution >= 4 is 38.5 Å². The van der Waals surface area contributed by atoms with E-state index in [0.29, 0.717) is 12.0 Å². The molecule has 1 fully saturated rings. The quantitative estimate of drug-likeness (QED) is 0.260. The van der Waals surface area contributed by atoms with Crippen LogP contribution < -0.4 is 4.74 Å². The molecule has 2 aliphatic rings. The van der Waals surface area contributed by atoms with E-state index >= 15 is 0 Å². The molecule has 3 aromatic carbocycles. The van der Waals surface area contributed by atoms with Gasteiger partial charge in [0.1, 0.15) is 5.75 Å². The van der Waals surface area contributed by atoms with Crippen LogP contribution in [0.4, 0.5) is 0 Å². The normalized spacial score (nSPS) is 18.9. The summed E-state index contributed by atoms with van der Waals surface area (Å²) in [4.78, 5) is 5.38. The van der Waals surface area contributed by atoms with Gasteiger partial charge in [-0.25, -0.2) is 0 Å². The van der Waals surface area contributed by atoms with Crippen LogP contribution in [-0.4, -0.2) is 54.2 Å². The highest BCUT2D eigenvalue weighted by atomic mass is 127. The lowest BCUT2D eigenvalue weighted by Gasteiger charge is -2.47. The predicted octanol–water partition coefficient (Wildman–Crippen LogP) is 7.42. The second-order valence-electron chi connectivity index (χ2n) is 10.7. The molecule has 5 rings (SSSR count). The average molecular weight is 645 g/mol. The SMILES string of the molecule is CC(C)(C)N1CCN(CC2c3ccccc3-c3ccccc32)C(CCOc2cc(Br)ccc2I)C1. The van der Waals surface area contributed by atoms with Crippen LogP contribution in [0.15, 0.2) is 71.2 Å². The predicted molar refractivity (Wildman–Crippen MR) is 157 cm³/mol. The maximum absolute atomic E-state index is 6.29. The topological polar surface area (TPSA) is 15.7 Å². The van der Waals surface area contributed by atoms with Crippen LogP contribution >= 0.6 is 38.5 Å². The van der Waals surface area contributed by atoms with Gasteiger partial charge in [0.05, 0.1) is 10.2 Å². The largest absolute Gasteiger partial charge is 0.492 e. The van der Waals surface area contributed by atoms with Gasteiger partial charge in [-0.05, 0) is 90.2 Å². The number of nitrogens with zero attached hydrogens (tertiary/aromatic N) is 2.